The van der Waals surface area contributed by atoms with Crippen LogP contribution in [0.3, 0.4) is 0 Å². The van der Waals surface area contributed by atoms with Crippen LogP contribution in [-0.2, 0) is 0 Å². The zero-order valence-electron chi connectivity index (χ0n) is 11.9. The molecule has 1 fully saturated rings. The highest BCUT2D eigenvalue weighted by molar-refractivity contribution is 5.37. The van der Waals surface area contributed by atoms with Crippen molar-refractivity contribution in [3.05, 3.63) is 29.8 Å². The number of para-hydroxylation sites is 1. The predicted octanol–water partition coefficient (Wildman–Crippen LogP) is 3.72. The summed E-state index contributed by atoms with van der Waals surface area (Å²) in [5, 5.41) is 3.83. The van der Waals surface area contributed by atoms with E-state index in [0.29, 0.717) is 5.92 Å². The summed E-state index contributed by atoms with van der Waals surface area (Å²) in [5.41, 5.74) is 1.39. The second-order valence-electron chi connectivity index (χ2n) is 6.15. The summed E-state index contributed by atoms with van der Waals surface area (Å²) in [4.78, 5) is 0. The van der Waals surface area contributed by atoms with Gasteiger partial charge in [0.25, 0.3) is 0 Å². The molecule has 2 nitrogen and oxygen atoms in total. The molecule has 1 aromatic carbocycles. The predicted molar refractivity (Wildman–Crippen MR) is 78.7 cm³/mol. The molecule has 1 aromatic rings. The monoisotopic (exact) mass is 259 g/mol. The molecule has 0 saturated heterocycles. The first-order chi connectivity index (χ1) is 9.34. The Labute approximate surface area is 116 Å². The lowest BCUT2D eigenvalue weighted by Crippen LogP contribution is -2.40. The summed E-state index contributed by atoms with van der Waals surface area (Å²) < 4.78 is 5.74. The molecule has 1 saturated carbocycles. The van der Waals surface area contributed by atoms with Gasteiger partial charge in [-0.05, 0) is 36.8 Å². The van der Waals surface area contributed by atoms with Gasteiger partial charge in [0.05, 0.1) is 6.61 Å². The summed E-state index contributed by atoms with van der Waals surface area (Å²) in [6, 6.07) is 9.25. The Bertz CT molecular complexity index is 417. The maximum Gasteiger partial charge on any atom is 0.122 e. The average molecular weight is 259 g/mol. The summed E-state index contributed by atoms with van der Waals surface area (Å²) in [6.07, 6.45) is 6.70. The van der Waals surface area contributed by atoms with Crippen molar-refractivity contribution < 1.29 is 4.74 Å². The van der Waals surface area contributed by atoms with Crippen LogP contribution in [0.1, 0.15) is 50.5 Å². The van der Waals surface area contributed by atoms with Crippen molar-refractivity contribution in [1.29, 1.82) is 0 Å². The number of rotatable bonds is 3. The zero-order valence-corrected chi connectivity index (χ0v) is 11.9. The third kappa shape index (κ3) is 2.94. The van der Waals surface area contributed by atoms with Gasteiger partial charge in [0.1, 0.15) is 5.75 Å². The van der Waals surface area contributed by atoms with Crippen molar-refractivity contribution in [2.75, 3.05) is 13.2 Å². The van der Waals surface area contributed by atoms with Crippen LogP contribution in [0.2, 0.25) is 0 Å². The molecule has 0 aromatic heterocycles. The number of hydrogen-bond donors (Lipinski definition) is 1. The van der Waals surface area contributed by atoms with Gasteiger partial charge in [0, 0.05) is 18.5 Å². The average Bonchev–Trinajstić information content (AvgIpc) is 2.46. The van der Waals surface area contributed by atoms with Gasteiger partial charge < -0.3 is 10.1 Å². The van der Waals surface area contributed by atoms with Crippen molar-refractivity contribution in [1.82, 2.24) is 5.32 Å². The van der Waals surface area contributed by atoms with Crippen molar-refractivity contribution in [3.63, 3.8) is 0 Å². The van der Waals surface area contributed by atoms with E-state index >= 15 is 0 Å². The Morgan fingerprint density at radius 2 is 2.00 bits per heavy atom. The highest BCUT2D eigenvalue weighted by Gasteiger charge is 2.25. The van der Waals surface area contributed by atoms with E-state index < -0.39 is 0 Å². The van der Waals surface area contributed by atoms with E-state index in [9.17, 15) is 0 Å². The standard InChI is InChI=1S/C17H25NO/c1-13-6-2-4-8-16(13)18-12-14-10-11-19-17-9-5-3-7-15(14)17/h3,5,7,9,13-14,16,18H,2,4,6,8,10-12H2,1H3. The molecule has 2 heteroatoms. The Morgan fingerprint density at radius 1 is 1.16 bits per heavy atom. The lowest BCUT2D eigenvalue weighted by molar-refractivity contribution is 0.243. The second kappa shape index (κ2) is 5.96. The van der Waals surface area contributed by atoms with E-state index in [0.717, 1.165) is 37.3 Å². The molecule has 2 aliphatic rings. The molecular weight excluding hydrogens is 234 g/mol. The van der Waals surface area contributed by atoms with Crippen molar-refractivity contribution in [2.45, 2.75) is 51.0 Å². The van der Waals surface area contributed by atoms with Gasteiger partial charge in [-0.25, -0.2) is 0 Å². The Balaban J connectivity index is 1.61. The van der Waals surface area contributed by atoms with Crippen molar-refractivity contribution in [3.8, 4) is 5.75 Å². The molecule has 0 radical (unpaired) electrons. The van der Waals surface area contributed by atoms with Crippen LogP contribution < -0.4 is 10.1 Å². The van der Waals surface area contributed by atoms with Crippen molar-refractivity contribution >= 4 is 0 Å². The molecule has 0 amide bonds. The number of hydrogen-bond acceptors (Lipinski definition) is 2. The number of benzene rings is 1. The molecule has 1 N–H and O–H groups in total. The fourth-order valence-corrected chi connectivity index (χ4v) is 3.54. The molecule has 1 aliphatic heterocycles. The SMILES string of the molecule is CC1CCCCC1NCC1CCOc2ccccc21. The normalized spacial score (nSPS) is 30.5. The topological polar surface area (TPSA) is 21.3 Å². The van der Waals surface area contributed by atoms with E-state index in [-0.39, 0.29) is 0 Å². The van der Waals surface area contributed by atoms with E-state index in [4.69, 9.17) is 4.74 Å². The zero-order chi connectivity index (χ0) is 13.1. The summed E-state index contributed by atoms with van der Waals surface area (Å²) >= 11 is 0. The molecule has 104 valence electrons. The quantitative estimate of drug-likeness (QED) is 0.893. The molecule has 0 bridgehead atoms. The Morgan fingerprint density at radius 3 is 2.89 bits per heavy atom. The lowest BCUT2D eigenvalue weighted by atomic mass is 9.85. The first-order valence-corrected chi connectivity index (χ1v) is 7.79. The van der Waals surface area contributed by atoms with Gasteiger partial charge in [-0.2, -0.15) is 0 Å². The lowest BCUT2D eigenvalue weighted by Gasteiger charge is -2.32. The second-order valence-corrected chi connectivity index (χ2v) is 6.15. The van der Waals surface area contributed by atoms with Gasteiger partial charge in [-0.3, -0.25) is 0 Å². The molecular formula is C17H25NO. The Kier molecular flexibility index (Phi) is 4.07. The molecule has 1 aliphatic carbocycles. The van der Waals surface area contributed by atoms with Gasteiger partial charge in [-0.15, -0.1) is 0 Å². The highest BCUT2D eigenvalue weighted by atomic mass is 16.5. The number of nitrogens with one attached hydrogen (secondary N) is 1. The van der Waals surface area contributed by atoms with E-state index in [1.54, 1.807) is 0 Å². The third-order valence-electron chi connectivity index (χ3n) is 4.82. The fourth-order valence-electron chi connectivity index (χ4n) is 3.54. The minimum absolute atomic E-state index is 0.624. The molecule has 0 spiro atoms. The fraction of sp³-hybridized carbons (Fsp3) is 0.647. The first kappa shape index (κ1) is 13.0. The molecule has 19 heavy (non-hydrogen) atoms. The van der Waals surface area contributed by atoms with Crippen LogP contribution in [0.4, 0.5) is 0 Å². The minimum atomic E-state index is 0.624. The Hall–Kier alpha value is -1.02. The molecule has 3 rings (SSSR count). The minimum Gasteiger partial charge on any atom is -0.493 e. The largest absolute Gasteiger partial charge is 0.493 e. The first-order valence-electron chi connectivity index (χ1n) is 7.79. The maximum atomic E-state index is 5.74. The van der Waals surface area contributed by atoms with E-state index in [2.05, 4.69) is 36.5 Å². The third-order valence-corrected chi connectivity index (χ3v) is 4.82. The summed E-state index contributed by atoms with van der Waals surface area (Å²) in [5.74, 6) is 2.56. The highest BCUT2D eigenvalue weighted by Crippen LogP contribution is 2.33. The van der Waals surface area contributed by atoms with Crippen LogP contribution in [-0.4, -0.2) is 19.2 Å². The number of fused-ring (bicyclic) bond motifs is 1. The molecule has 3 atom stereocenters. The van der Waals surface area contributed by atoms with Crippen LogP contribution in [0.25, 0.3) is 0 Å². The van der Waals surface area contributed by atoms with Gasteiger partial charge in [0.15, 0.2) is 0 Å². The number of ether oxygens (including phenoxy) is 1. The van der Waals surface area contributed by atoms with Crippen molar-refractivity contribution in [2.24, 2.45) is 5.92 Å². The molecule has 3 unspecified atom stereocenters. The smallest absolute Gasteiger partial charge is 0.122 e. The van der Waals surface area contributed by atoms with Crippen LogP contribution in [0.15, 0.2) is 24.3 Å². The van der Waals surface area contributed by atoms with Gasteiger partial charge in [-0.1, -0.05) is 38.0 Å². The molecule has 1 heterocycles. The summed E-state index contributed by atoms with van der Waals surface area (Å²) in [6.45, 7) is 4.37. The maximum absolute atomic E-state index is 5.74. The van der Waals surface area contributed by atoms with E-state index in [1.807, 2.05) is 0 Å². The van der Waals surface area contributed by atoms with Crippen LogP contribution in [0.5, 0.6) is 5.75 Å². The van der Waals surface area contributed by atoms with Crippen LogP contribution in [0, 0.1) is 5.92 Å². The van der Waals surface area contributed by atoms with Crippen LogP contribution >= 0.6 is 0 Å². The van der Waals surface area contributed by atoms with Gasteiger partial charge >= 0.3 is 0 Å². The van der Waals surface area contributed by atoms with E-state index in [1.165, 1.54) is 31.2 Å². The van der Waals surface area contributed by atoms with Gasteiger partial charge in [0.2, 0.25) is 0 Å². The summed E-state index contributed by atoms with van der Waals surface area (Å²) in [7, 11) is 0.